The van der Waals surface area contributed by atoms with Gasteiger partial charge in [-0.15, -0.1) is 0 Å². The molecule has 7 heteroatoms. The summed E-state index contributed by atoms with van der Waals surface area (Å²) in [5.41, 5.74) is -1.17. The van der Waals surface area contributed by atoms with Gasteiger partial charge in [0.2, 0.25) is 0 Å². The highest BCUT2D eigenvalue weighted by atomic mass is 16.6. The molecule has 0 N–H and O–H groups in total. The maximum absolute atomic E-state index is 12.5. The van der Waals surface area contributed by atoms with Gasteiger partial charge < -0.3 is 24.1 Å². The zero-order valence-electron chi connectivity index (χ0n) is 16.5. The Kier molecular flexibility index (Phi) is 6.85. The van der Waals surface area contributed by atoms with Gasteiger partial charge in [0.1, 0.15) is 17.0 Å². The highest BCUT2D eigenvalue weighted by Crippen LogP contribution is 2.20. The van der Waals surface area contributed by atoms with Crippen LogP contribution in [0.15, 0.2) is 0 Å². The van der Waals surface area contributed by atoms with Crippen molar-refractivity contribution in [3.63, 3.8) is 0 Å². The van der Waals surface area contributed by atoms with Crippen molar-refractivity contribution in [3.8, 4) is 0 Å². The molecule has 0 aromatic heterocycles. The van der Waals surface area contributed by atoms with Gasteiger partial charge >= 0.3 is 12.2 Å². The maximum atomic E-state index is 12.5. The molecule has 0 aromatic rings. The largest absolute Gasteiger partial charge is 0.444 e. The van der Waals surface area contributed by atoms with E-state index in [0.717, 1.165) is 0 Å². The number of carbonyl (C=O) groups is 3. The average Bonchev–Trinajstić information content (AvgIpc) is 2.41. The number of ether oxygens (including phenoxy) is 2. The molecule has 1 rings (SSSR count). The molecule has 0 bridgehead atoms. The molecule has 1 aliphatic heterocycles. The van der Waals surface area contributed by atoms with E-state index in [0.29, 0.717) is 32.5 Å². The third-order valence-electron chi connectivity index (χ3n) is 3.59. The molecular weight excluding hydrogens is 324 g/mol. The van der Waals surface area contributed by atoms with Crippen LogP contribution < -0.4 is 0 Å². The molecule has 1 saturated heterocycles. The summed E-state index contributed by atoms with van der Waals surface area (Å²) in [7, 11) is 0. The van der Waals surface area contributed by atoms with Crippen molar-refractivity contribution in [2.24, 2.45) is 0 Å². The zero-order chi connectivity index (χ0) is 19.4. The summed E-state index contributed by atoms with van der Waals surface area (Å²) in [6, 6.07) is -0.264. The first-order valence-corrected chi connectivity index (χ1v) is 8.75. The highest BCUT2D eigenvalue weighted by molar-refractivity contribution is 5.76. The van der Waals surface area contributed by atoms with Crippen LogP contribution in [-0.4, -0.2) is 64.6 Å². The van der Waals surface area contributed by atoms with E-state index in [1.807, 2.05) is 41.5 Å². The third-order valence-corrected chi connectivity index (χ3v) is 3.59. The summed E-state index contributed by atoms with van der Waals surface area (Å²) in [5, 5.41) is 0. The van der Waals surface area contributed by atoms with E-state index < -0.39 is 23.4 Å². The minimum atomic E-state index is -0.593. The lowest BCUT2D eigenvalue weighted by molar-refractivity contribution is -0.117. The molecule has 1 fully saturated rings. The summed E-state index contributed by atoms with van der Waals surface area (Å²) in [5.74, 6) is 0.0542. The molecule has 0 aliphatic carbocycles. The molecule has 1 unspecified atom stereocenters. The van der Waals surface area contributed by atoms with Crippen LogP contribution in [0.5, 0.6) is 0 Å². The van der Waals surface area contributed by atoms with Crippen LogP contribution in [0.3, 0.4) is 0 Å². The SMILES string of the molecule is CC(=O)CCC1CN(C(=O)OC(C)(C)C)CCN1C(=O)OC(C)(C)C. The summed E-state index contributed by atoms with van der Waals surface area (Å²) in [6.07, 6.45) is 0.0362. The van der Waals surface area contributed by atoms with Gasteiger partial charge in [-0.05, 0) is 54.9 Å². The van der Waals surface area contributed by atoms with Gasteiger partial charge in [0.15, 0.2) is 0 Å². The fraction of sp³-hybridized carbons (Fsp3) is 0.833. The molecule has 144 valence electrons. The van der Waals surface area contributed by atoms with Gasteiger partial charge in [-0.2, -0.15) is 0 Å². The van der Waals surface area contributed by atoms with Gasteiger partial charge in [0.05, 0.1) is 6.04 Å². The van der Waals surface area contributed by atoms with Crippen LogP contribution in [0, 0.1) is 0 Å². The van der Waals surface area contributed by atoms with E-state index in [1.165, 1.54) is 6.92 Å². The first-order chi connectivity index (χ1) is 11.3. The Morgan fingerprint density at radius 1 is 0.920 bits per heavy atom. The zero-order valence-corrected chi connectivity index (χ0v) is 16.5. The standard InChI is InChI=1S/C18H32N2O5/c1-13(21)8-9-14-12-19(15(22)24-17(2,3)4)10-11-20(14)16(23)25-18(5,6)7/h14H,8-12H2,1-7H3. The van der Waals surface area contributed by atoms with E-state index in [2.05, 4.69) is 0 Å². The second-order valence-electron chi connectivity index (χ2n) is 8.49. The Hall–Kier alpha value is -1.79. The van der Waals surface area contributed by atoms with Crippen molar-refractivity contribution >= 4 is 18.0 Å². The Bertz CT molecular complexity index is 505. The van der Waals surface area contributed by atoms with Crippen molar-refractivity contribution in [2.45, 2.75) is 78.6 Å². The Morgan fingerprint density at radius 3 is 1.92 bits per heavy atom. The van der Waals surface area contributed by atoms with Crippen molar-refractivity contribution in [1.29, 1.82) is 0 Å². The first-order valence-electron chi connectivity index (χ1n) is 8.75. The van der Waals surface area contributed by atoms with Crippen LogP contribution in [0.4, 0.5) is 9.59 Å². The summed E-state index contributed by atoms with van der Waals surface area (Å²) >= 11 is 0. The molecule has 0 radical (unpaired) electrons. The number of rotatable bonds is 3. The second-order valence-corrected chi connectivity index (χ2v) is 8.49. The summed E-state index contributed by atoms with van der Waals surface area (Å²) in [6.45, 7) is 13.5. The molecule has 0 aromatic carbocycles. The quantitative estimate of drug-likeness (QED) is 0.776. The topological polar surface area (TPSA) is 76.2 Å². The third kappa shape index (κ3) is 7.75. The fourth-order valence-corrected chi connectivity index (χ4v) is 2.53. The number of Topliss-reactive ketones (excluding diaryl/α,β-unsaturated/α-hetero) is 1. The molecule has 1 heterocycles. The number of nitrogens with zero attached hydrogens (tertiary/aromatic N) is 2. The molecule has 0 saturated carbocycles. The molecule has 7 nitrogen and oxygen atoms in total. The van der Waals surface area contributed by atoms with E-state index >= 15 is 0 Å². The van der Waals surface area contributed by atoms with Crippen LogP contribution in [0.2, 0.25) is 0 Å². The molecule has 0 spiro atoms. The lowest BCUT2D eigenvalue weighted by atomic mass is 10.1. The van der Waals surface area contributed by atoms with Crippen LogP contribution in [0.1, 0.15) is 61.3 Å². The number of amides is 2. The number of hydrogen-bond acceptors (Lipinski definition) is 5. The van der Waals surface area contributed by atoms with Crippen molar-refractivity contribution in [2.75, 3.05) is 19.6 Å². The van der Waals surface area contributed by atoms with E-state index in [1.54, 1.807) is 9.80 Å². The second kappa shape index (κ2) is 8.06. The van der Waals surface area contributed by atoms with Crippen molar-refractivity contribution < 1.29 is 23.9 Å². The lowest BCUT2D eigenvalue weighted by Gasteiger charge is -2.41. The maximum Gasteiger partial charge on any atom is 0.410 e. The van der Waals surface area contributed by atoms with E-state index in [4.69, 9.17) is 9.47 Å². The van der Waals surface area contributed by atoms with Crippen LogP contribution >= 0.6 is 0 Å². The average molecular weight is 356 g/mol. The Balaban J connectivity index is 2.82. The summed E-state index contributed by atoms with van der Waals surface area (Å²) < 4.78 is 10.9. The molecular formula is C18H32N2O5. The van der Waals surface area contributed by atoms with E-state index in [9.17, 15) is 14.4 Å². The predicted molar refractivity (Wildman–Crippen MR) is 94.5 cm³/mol. The Morgan fingerprint density at radius 2 is 1.44 bits per heavy atom. The minimum Gasteiger partial charge on any atom is -0.444 e. The van der Waals surface area contributed by atoms with Crippen molar-refractivity contribution in [3.05, 3.63) is 0 Å². The number of piperazine rings is 1. The minimum absolute atomic E-state index is 0.0542. The van der Waals surface area contributed by atoms with Gasteiger partial charge in [0, 0.05) is 26.1 Å². The van der Waals surface area contributed by atoms with E-state index in [-0.39, 0.29) is 11.8 Å². The smallest absolute Gasteiger partial charge is 0.410 e. The van der Waals surface area contributed by atoms with Crippen LogP contribution in [-0.2, 0) is 14.3 Å². The van der Waals surface area contributed by atoms with Crippen LogP contribution in [0.25, 0.3) is 0 Å². The van der Waals surface area contributed by atoms with Crippen molar-refractivity contribution in [1.82, 2.24) is 9.80 Å². The fourth-order valence-electron chi connectivity index (χ4n) is 2.53. The number of hydrogen-bond donors (Lipinski definition) is 0. The monoisotopic (exact) mass is 356 g/mol. The molecule has 2 amide bonds. The van der Waals surface area contributed by atoms with Gasteiger partial charge in [-0.3, -0.25) is 0 Å². The van der Waals surface area contributed by atoms with Gasteiger partial charge in [-0.1, -0.05) is 0 Å². The predicted octanol–water partition coefficient (Wildman–Crippen LogP) is 3.21. The normalized spacial score (nSPS) is 18.8. The molecule has 1 aliphatic rings. The first kappa shape index (κ1) is 21.3. The molecule has 25 heavy (non-hydrogen) atoms. The highest BCUT2D eigenvalue weighted by Gasteiger charge is 2.36. The molecule has 1 atom stereocenters. The van der Waals surface area contributed by atoms with Gasteiger partial charge in [0.25, 0.3) is 0 Å². The summed E-state index contributed by atoms with van der Waals surface area (Å²) in [4.78, 5) is 39.3. The lowest BCUT2D eigenvalue weighted by Crippen LogP contribution is -2.57. The Labute approximate surface area is 150 Å². The van der Waals surface area contributed by atoms with Gasteiger partial charge in [-0.25, -0.2) is 9.59 Å². The number of ketones is 1. The number of carbonyl (C=O) groups excluding carboxylic acids is 3.